The molecule has 1 heterocycles. The summed E-state index contributed by atoms with van der Waals surface area (Å²) >= 11 is 0. The van der Waals surface area contributed by atoms with Crippen LogP contribution in [-0.2, 0) is 0 Å². The van der Waals surface area contributed by atoms with Gasteiger partial charge in [-0.2, -0.15) is 0 Å². The molecule has 0 saturated heterocycles. The normalized spacial score (nSPS) is 18.5. The summed E-state index contributed by atoms with van der Waals surface area (Å²) in [5.41, 5.74) is 2.93. The molecular weight excluding hydrogens is 284 g/mol. The lowest BCUT2D eigenvalue weighted by atomic mass is 9.98. The molecule has 1 aliphatic heterocycles. The van der Waals surface area contributed by atoms with E-state index in [9.17, 15) is 4.79 Å². The average Bonchev–Trinajstić information content (AvgIpc) is 2.92. The van der Waals surface area contributed by atoms with E-state index in [4.69, 9.17) is 0 Å². The summed E-state index contributed by atoms with van der Waals surface area (Å²) in [5.74, 6) is 0.550. The first kappa shape index (κ1) is 14.1. The van der Waals surface area contributed by atoms with E-state index in [2.05, 4.69) is 53.6 Å². The number of hydrogen-bond donors (Lipinski definition) is 1. The molecule has 0 fully saturated rings. The zero-order chi connectivity index (χ0) is 15.8. The number of carbonyl (C=O) groups is 1. The maximum absolute atomic E-state index is 12.1. The Morgan fingerprint density at radius 1 is 1.22 bits per heavy atom. The molecule has 3 heteroatoms. The molecular formula is C20H20N2O. The van der Waals surface area contributed by atoms with E-state index in [0.29, 0.717) is 5.92 Å². The molecule has 0 spiro atoms. The Labute approximate surface area is 136 Å². The fraction of sp³-hybridized carbons (Fsp3) is 0.250. The van der Waals surface area contributed by atoms with Gasteiger partial charge in [0.2, 0.25) is 0 Å². The van der Waals surface area contributed by atoms with Crippen molar-refractivity contribution in [2.24, 2.45) is 5.92 Å². The fourth-order valence-electron chi connectivity index (χ4n) is 3.60. The summed E-state index contributed by atoms with van der Waals surface area (Å²) in [5, 5.41) is 5.18. The van der Waals surface area contributed by atoms with Gasteiger partial charge in [0.1, 0.15) is 0 Å². The van der Waals surface area contributed by atoms with Crippen molar-refractivity contribution in [3.8, 4) is 0 Å². The lowest BCUT2D eigenvalue weighted by Gasteiger charge is -2.28. The van der Waals surface area contributed by atoms with E-state index in [1.807, 2.05) is 18.2 Å². The minimum Gasteiger partial charge on any atom is -0.371 e. The summed E-state index contributed by atoms with van der Waals surface area (Å²) in [6, 6.07) is 10.2. The molecule has 1 N–H and O–H groups in total. The molecule has 2 aliphatic rings. The molecule has 23 heavy (non-hydrogen) atoms. The molecule has 4 rings (SSSR count). The SMILES string of the molecule is CCN(CC1C=CC=CC1)c1ccc2c3c(cccc13)C(=O)N2. The molecule has 1 unspecified atom stereocenters. The van der Waals surface area contributed by atoms with Gasteiger partial charge in [0.25, 0.3) is 5.91 Å². The lowest BCUT2D eigenvalue weighted by Crippen LogP contribution is -2.29. The van der Waals surface area contributed by atoms with Crippen LogP contribution in [0.25, 0.3) is 10.8 Å². The van der Waals surface area contributed by atoms with Crippen LogP contribution >= 0.6 is 0 Å². The number of carbonyl (C=O) groups excluding carboxylic acids is 1. The standard InChI is InChI=1S/C20H20N2O/c1-2-22(13-14-7-4-3-5-8-14)18-12-11-17-19-15(18)9-6-10-16(19)20(23)21-17/h3-7,9-12,14H,2,8,13H2,1H3,(H,21,23). The molecule has 0 saturated carbocycles. The number of allylic oxidation sites excluding steroid dienone is 3. The van der Waals surface area contributed by atoms with Crippen molar-refractivity contribution in [2.75, 3.05) is 23.3 Å². The van der Waals surface area contributed by atoms with Crippen LogP contribution in [0.2, 0.25) is 0 Å². The number of amides is 1. The largest absolute Gasteiger partial charge is 0.371 e. The molecule has 2 aromatic carbocycles. The van der Waals surface area contributed by atoms with Gasteiger partial charge in [-0.05, 0) is 37.5 Å². The van der Waals surface area contributed by atoms with Crippen LogP contribution in [0.5, 0.6) is 0 Å². The van der Waals surface area contributed by atoms with Crippen LogP contribution in [-0.4, -0.2) is 19.0 Å². The van der Waals surface area contributed by atoms with Gasteiger partial charge in [-0.25, -0.2) is 0 Å². The number of nitrogens with one attached hydrogen (secondary N) is 1. The van der Waals surface area contributed by atoms with Crippen molar-refractivity contribution < 1.29 is 4.79 Å². The second kappa shape index (κ2) is 5.58. The van der Waals surface area contributed by atoms with Crippen molar-refractivity contribution in [3.05, 3.63) is 60.2 Å². The van der Waals surface area contributed by atoms with E-state index in [0.717, 1.165) is 41.5 Å². The molecule has 2 aromatic rings. The summed E-state index contributed by atoms with van der Waals surface area (Å²) in [6.45, 7) is 4.14. The molecule has 116 valence electrons. The Morgan fingerprint density at radius 3 is 2.91 bits per heavy atom. The van der Waals surface area contributed by atoms with Crippen LogP contribution in [0.4, 0.5) is 11.4 Å². The Bertz CT molecular complexity index is 835. The molecule has 0 bridgehead atoms. The molecule has 3 nitrogen and oxygen atoms in total. The quantitative estimate of drug-likeness (QED) is 0.910. The lowest BCUT2D eigenvalue weighted by molar-refractivity contribution is 0.103. The highest BCUT2D eigenvalue weighted by molar-refractivity contribution is 6.25. The molecule has 1 aliphatic carbocycles. The van der Waals surface area contributed by atoms with E-state index >= 15 is 0 Å². The smallest absolute Gasteiger partial charge is 0.256 e. The summed E-state index contributed by atoms with van der Waals surface area (Å²) in [6.07, 6.45) is 9.86. The van der Waals surface area contributed by atoms with Gasteiger partial charge < -0.3 is 10.2 Å². The third kappa shape index (κ3) is 2.33. The van der Waals surface area contributed by atoms with Crippen molar-refractivity contribution in [2.45, 2.75) is 13.3 Å². The highest BCUT2D eigenvalue weighted by Crippen LogP contribution is 2.38. The van der Waals surface area contributed by atoms with Crippen LogP contribution < -0.4 is 10.2 Å². The highest BCUT2D eigenvalue weighted by atomic mass is 16.1. The van der Waals surface area contributed by atoms with E-state index in [1.54, 1.807) is 0 Å². The van der Waals surface area contributed by atoms with Gasteiger partial charge >= 0.3 is 0 Å². The second-order valence-corrected chi connectivity index (χ2v) is 6.16. The fourth-order valence-corrected chi connectivity index (χ4v) is 3.60. The van der Waals surface area contributed by atoms with Crippen LogP contribution in [0, 0.1) is 5.92 Å². The third-order valence-corrected chi connectivity index (χ3v) is 4.76. The predicted octanol–water partition coefficient (Wildman–Crippen LogP) is 4.36. The first-order valence-electron chi connectivity index (χ1n) is 8.23. The summed E-state index contributed by atoms with van der Waals surface area (Å²) in [7, 11) is 0. The van der Waals surface area contributed by atoms with E-state index in [-0.39, 0.29) is 5.91 Å². The minimum absolute atomic E-state index is 0.00569. The number of benzene rings is 2. The van der Waals surface area contributed by atoms with Gasteiger partial charge in [-0.15, -0.1) is 0 Å². The topological polar surface area (TPSA) is 32.3 Å². The second-order valence-electron chi connectivity index (χ2n) is 6.16. The van der Waals surface area contributed by atoms with Gasteiger partial charge in [0, 0.05) is 40.8 Å². The van der Waals surface area contributed by atoms with Crippen LogP contribution in [0.1, 0.15) is 23.7 Å². The zero-order valence-corrected chi connectivity index (χ0v) is 13.3. The molecule has 0 radical (unpaired) electrons. The molecule has 1 amide bonds. The third-order valence-electron chi connectivity index (χ3n) is 4.76. The molecule has 0 aromatic heterocycles. The number of anilines is 2. The van der Waals surface area contributed by atoms with E-state index < -0.39 is 0 Å². The Kier molecular flexibility index (Phi) is 3.41. The maximum atomic E-state index is 12.1. The average molecular weight is 304 g/mol. The van der Waals surface area contributed by atoms with Crippen molar-refractivity contribution in [1.29, 1.82) is 0 Å². The number of nitrogens with zero attached hydrogens (tertiary/aromatic N) is 1. The Balaban J connectivity index is 1.76. The number of rotatable bonds is 4. The summed E-state index contributed by atoms with van der Waals surface area (Å²) < 4.78 is 0. The summed E-state index contributed by atoms with van der Waals surface area (Å²) in [4.78, 5) is 14.5. The first-order valence-corrected chi connectivity index (χ1v) is 8.23. The van der Waals surface area contributed by atoms with E-state index in [1.165, 1.54) is 5.69 Å². The van der Waals surface area contributed by atoms with Gasteiger partial charge in [-0.3, -0.25) is 4.79 Å². The predicted molar refractivity (Wildman–Crippen MR) is 96.2 cm³/mol. The van der Waals surface area contributed by atoms with Crippen molar-refractivity contribution >= 4 is 28.1 Å². The van der Waals surface area contributed by atoms with Crippen molar-refractivity contribution in [3.63, 3.8) is 0 Å². The molecule has 1 atom stereocenters. The maximum Gasteiger partial charge on any atom is 0.256 e. The Morgan fingerprint density at radius 2 is 2.13 bits per heavy atom. The Hall–Kier alpha value is -2.55. The van der Waals surface area contributed by atoms with Gasteiger partial charge in [0.15, 0.2) is 0 Å². The van der Waals surface area contributed by atoms with Gasteiger partial charge in [-0.1, -0.05) is 36.4 Å². The monoisotopic (exact) mass is 304 g/mol. The zero-order valence-electron chi connectivity index (χ0n) is 13.3. The number of hydrogen-bond acceptors (Lipinski definition) is 2. The van der Waals surface area contributed by atoms with Gasteiger partial charge in [0.05, 0.1) is 0 Å². The van der Waals surface area contributed by atoms with Crippen molar-refractivity contribution in [1.82, 2.24) is 0 Å². The highest BCUT2D eigenvalue weighted by Gasteiger charge is 2.23. The van der Waals surface area contributed by atoms with Crippen LogP contribution in [0.15, 0.2) is 54.6 Å². The van der Waals surface area contributed by atoms with Crippen LogP contribution in [0.3, 0.4) is 0 Å². The first-order chi connectivity index (χ1) is 11.3. The minimum atomic E-state index is 0.00569.